The van der Waals surface area contributed by atoms with E-state index >= 15 is 0 Å². The maximum Gasteiger partial charge on any atom is 0.213 e. The van der Waals surface area contributed by atoms with Crippen LogP contribution in [-0.2, 0) is 10.0 Å². The molecule has 0 radical (unpaired) electrons. The SMILES string of the molecule is CCS(=O)(=O)N(CCCC#N)CCCC#N. The molecule has 0 aliphatic rings. The van der Waals surface area contributed by atoms with Gasteiger partial charge >= 0.3 is 0 Å². The Morgan fingerprint density at radius 2 is 1.50 bits per heavy atom. The van der Waals surface area contributed by atoms with Crippen molar-refractivity contribution in [3.8, 4) is 12.1 Å². The maximum absolute atomic E-state index is 11.6. The van der Waals surface area contributed by atoms with E-state index in [4.69, 9.17) is 10.5 Å². The quantitative estimate of drug-likeness (QED) is 0.600. The first-order valence-electron chi connectivity index (χ1n) is 5.30. The fourth-order valence-corrected chi connectivity index (χ4v) is 2.42. The van der Waals surface area contributed by atoms with E-state index in [-0.39, 0.29) is 5.75 Å². The van der Waals surface area contributed by atoms with E-state index in [0.29, 0.717) is 38.8 Å². The van der Waals surface area contributed by atoms with Gasteiger partial charge in [-0.2, -0.15) is 10.5 Å². The average molecular weight is 243 g/mol. The lowest BCUT2D eigenvalue weighted by atomic mass is 10.3. The molecule has 0 amide bonds. The molecular weight excluding hydrogens is 226 g/mol. The summed E-state index contributed by atoms with van der Waals surface area (Å²) in [5.74, 6) is 0.0616. The first kappa shape index (κ1) is 14.9. The first-order chi connectivity index (χ1) is 7.58. The third kappa shape index (κ3) is 5.69. The van der Waals surface area contributed by atoms with E-state index in [1.54, 1.807) is 6.92 Å². The van der Waals surface area contributed by atoms with E-state index in [2.05, 4.69) is 0 Å². The van der Waals surface area contributed by atoms with Crippen LogP contribution >= 0.6 is 0 Å². The van der Waals surface area contributed by atoms with Gasteiger partial charge in [-0.1, -0.05) is 0 Å². The number of rotatable bonds is 8. The lowest BCUT2D eigenvalue weighted by Gasteiger charge is -2.20. The van der Waals surface area contributed by atoms with Gasteiger partial charge in [0.15, 0.2) is 0 Å². The Morgan fingerprint density at radius 3 is 1.81 bits per heavy atom. The van der Waals surface area contributed by atoms with Crippen LogP contribution < -0.4 is 0 Å². The molecule has 0 saturated heterocycles. The molecule has 0 fully saturated rings. The Bertz CT molecular complexity index is 345. The van der Waals surface area contributed by atoms with Gasteiger partial charge in [0.1, 0.15) is 0 Å². The molecule has 90 valence electrons. The van der Waals surface area contributed by atoms with E-state index in [1.807, 2.05) is 12.1 Å². The van der Waals surface area contributed by atoms with Gasteiger partial charge in [0.2, 0.25) is 10.0 Å². The highest BCUT2D eigenvalue weighted by atomic mass is 32.2. The van der Waals surface area contributed by atoms with Crippen molar-refractivity contribution in [3.63, 3.8) is 0 Å². The minimum atomic E-state index is -3.21. The third-order valence-corrected chi connectivity index (χ3v) is 4.03. The second-order valence-electron chi connectivity index (χ2n) is 3.32. The highest BCUT2D eigenvalue weighted by Crippen LogP contribution is 2.06. The fraction of sp³-hybridized carbons (Fsp3) is 0.800. The van der Waals surface area contributed by atoms with Crippen LogP contribution in [0, 0.1) is 22.7 Å². The summed E-state index contributed by atoms with van der Waals surface area (Å²) in [6.07, 6.45) is 1.80. The van der Waals surface area contributed by atoms with Gasteiger partial charge in [-0.15, -0.1) is 0 Å². The zero-order valence-corrected chi connectivity index (χ0v) is 10.3. The lowest BCUT2D eigenvalue weighted by molar-refractivity contribution is 0.402. The number of unbranched alkanes of at least 4 members (excludes halogenated alkanes) is 2. The summed E-state index contributed by atoms with van der Waals surface area (Å²) in [4.78, 5) is 0. The summed E-state index contributed by atoms with van der Waals surface area (Å²) in [5, 5.41) is 16.8. The van der Waals surface area contributed by atoms with Crippen LogP contribution in [0.5, 0.6) is 0 Å². The van der Waals surface area contributed by atoms with Crippen LogP contribution in [0.3, 0.4) is 0 Å². The number of hydrogen-bond acceptors (Lipinski definition) is 4. The molecule has 0 aliphatic carbocycles. The molecule has 0 bridgehead atoms. The second-order valence-corrected chi connectivity index (χ2v) is 5.58. The zero-order valence-electron chi connectivity index (χ0n) is 9.52. The van der Waals surface area contributed by atoms with Crippen LogP contribution in [0.2, 0.25) is 0 Å². The summed E-state index contributed by atoms with van der Waals surface area (Å²) >= 11 is 0. The molecule has 0 aromatic carbocycles. The molecule has 0 spiro atoms. The summed E-state index contributed by atoms with van der Waals surface area (Å²) in [7, 11) is -3.21. The normalized spacial score (nSPS) is 11.0. The Labute approximate surface area is 97.3 Å². The van der Waals surface area contributed by atoms with Crippen LogP contribution in [-0.4, -0.2) is 31.6 Å². The largest absolute Gasteiger partial charge is 0.213 e. The van der Waals surface area contributed by atoms with Crippen molar-refractivity contribution in [2.75, 3.05) is 18.8 Å². The van der Waals surface area contributed by atoms with Crippen LogP contribution in [0.25, 0.3) is 0 Å². The topological polar surface area (TPSA) is 85.0 Å². The number of sulfonamides is 1. The van der Waals surface area contributed by atoms with Crippen LogP contribution in [0.15, 0.2) is 0 Å². The minimum absolute atomic E-state index is 0.0616. The van der Waals surface area contributed by atoms with Crippen LogP contribution in [0.1, 0.15) is 32.6 Å². The first-order valence-corrected chi connectivity index (χ1v) is 6.91. The van der Waals surface area contributed by atoms with Gasteiger partial charge in [-0.3, -0.25) is 0 Å². The Balaban J connectivity index is 4.30. The average Bonchev–Trinajstić information content (AvgIpc) is 2.27. The van der Waals surface area contributed by atoms with Crippen LogP contribution in [0.4, 0.5) is 0 Å². The molecule has 0 aliphatic heterocycles. The third-order valence-electron chi connectivity index (χ3n) is 2.15. The number of nitrogens with zero attached hydrogens (tertiary/aromatic N) is 3. The van der Waals surface area contributed by atoms with Gasteiger partial charge in [0.05, 0.1) is 17.9 Å². The molecule has 0 aromatic heterocycles. The van der Waals surface area contributed by atoms with Crippen molar-refractivity contribution in [1.82, 2.24) is 4.31 Å². The number of nitriles is 2. The smallest absolute Gasteiger partial charge is 0.212 e. The van der Waals surface area contributed by atoms with Crippen molar-refractivity contribution in [2.24, 2.45) is 0 Å². The molecular formula is C10H17N3O2S. The molecule has 0 rings (SSSR count). The molecule has 0 unspecified atom stereocenters. The molecule has 0 aromatic rings. The van der Waals surface area contributed by atoms with Gasteiger partial charge in [0.25, 0.3) is 0 Å². The Hall–Kier alpha value is -1.11. The predicted molar refractivity (Wildman–Crippen MR) is 60.7 cm³/mol. The van der Waals surface area contributed by atoms with Crippen molar-refractivity contribution < 1.29 is 8.42 Å². The van der Waals surface area contributed by atoms with Crippen molar-refractivity contribution in [3.05, 3.63) is 0 Å². The van der Waals surface area contributed by atoms with Gasteiger partial charge in [-0.25, -0.2) is 12.7 Å². The summed E-state index contributed by atoms with van der Waals surface area (Å²) in [5.41, 5.74) is 0. The van der Waals surface area contributed by atoms with Crippen molar-refractivity contribution in [2.45, 2.75) is 32.6 Å². The molecule has 16 heavy (non-hydrogen) atoms. The van der Waals surface area contributed by atoms with Crippen molar-refractivity contribution in [1.29, 1.82) is 10.5 Å². The van der Waals surface area contributed by atoms with Gasteiger partial charge < -0.3 is 0 Å². The summed E-state index contributed by atoms with van der Waals surface area (Å²) in [6.45, 7) is 2.33. The van der Waals surface area contributed by atoms with Crippen molar-refractivity contribution >= 4 is 10.0 Å². The monoisotopic (exact) mass is 243 g/mol. The highest BCUT2D eigenvalue weighted by Gasteiger charge is 2.18. The Morgan fingerprint density at radius 1 is 1.06 bits per heavy atom. The Kier molecular flexibility index (Phi) is 7.53. The van der Waals surface area contributed by atoms with E-state index in [9.17, 15) is 8.42 Å². The molecule has 0 N–H and O–H groups in total. The molecule has 0 atom stereocenters. The predicted octanol–water partition coefficient (Wildman–Crippen LogP) is 1.25. The molecule has 5 nitrogen and oxygen atoms in total. The van der Waals surface area contributed by atoms with Gasteiger partial charge in [0, 0.05) is 25.9 Å². The molecule has 0 heterocycles. The maximum atomic E-state index is 11.6. The number of hydrogen-bond donors (Lipinski definition) is 0. The summed E-state index contributed by atoms with van der Waals surface area (Å²) in [6, 6.07) is 3.97. The standard InChI is InChI=1S/C10H17N3O2S/c1-2-16(14,15)13(9-5-3-7-11)10-6-4-8-12/h2-6,9-10H2,1H3. The minimum Gasteiger partial charge on any atom is -0.212 e. The fourth-order valence-electron chi connectivity index (χ4n) is 1.24. The van der Waals surface area contributed by atoms with E-state index in [0.717, 1.165) is 0 Å². The van der Waals surface area contributed by atoms with E-state index < -0.39 is 10.0 Å². The second kappa shape index (κ2) is 8.09. The van der Waals surface area contributed by atoms with Gasteiger partial charge in [-0.05, 0) is 19.8 Å². The van der Waals surface area contributed by atoms with E-state index in [1.165, 1.54) is 4.31 Å². The zero-order chi connectivity index (χ0) is 12.4. The molecule has 6 heteroatoms. The molecule has 0 saturated carbocycles. The summed E-state index contributed by atoms with van der Waals surface area (Å²) < 4.78 is 24.7. The lowest BCUT2D eigenvalue weighted by Crippen LogP contribution is -2.34. The highest BCUT2D eigenvalue weighted by molar-refractivity contribution is 7.89.